The van der Waals surface area contributed by atoms with E-state index in [2.05, 4.69) is 9.36 Å². The zero-order valence-corrected chi connectivity index (χ0v) is 13.2. The maximum Gasteiger partial charge on any atom is 0.204 e. The molecule has 0 radical (unpaired) electrons. The maximum absolute atomic E-state index is 13.7. The first-order valence-corrected chi connectivity index (χ1v) is 8.26. The summed E-state index contributed by atoms with van der Waals surface area (Å²) in [6.07, 6.45) is 0. The summed E-state index contributed by atoms with van der Waals surface area (Å²) in [6, 6.07) is 6.42. The van der Waals surface area contributed by atoms with E-state index in [1.165, 1.54) is 17.6 Å². The highest BCUT2D eigenvalue weighted by Gasteiger charge is 2.19. The smallest absolute Gasteiger partial charge is 0.204 e. The summed E-state index contributed by atoms with van der Waals surface area (Å²) < 4.78 is 30.2. The fourth-order valence-corrected chi connectivity index (χ4v) is 3.48. The predicted molar refractivity (Wildman–Crippen MR) is 80.9 cm³/mol. The number of hydrogen-bond donors (Lipinski definition) is 0. The van der Waals surface area contributed by atoms with Gasteiger partial charge in [-0.25, -0.2) is 9.37 Å². The molecular formula is C13H16FN3OS2. The van der Waals surface area contributed by atoms with Gasteiger partial charge in [0.15, 0.2) is 5.82 Å². The molecular weight excluding hydrogens is 297 g/mol. The van der Waals surface area contributed by atoms with Crippen molar-refractivity contribution < 1.29 is 8.60 Å². The molecule has 0 aliphatic heterocycles. The van der Waals surface area contributed by atoms with Crippen molar-refractivity contribution in [2.45, 2.75) is 17.9 Å². The van der Waals surface area contributed by atoms with Crippen LogP contribution in [0.4, 0.5) is 9.52 Å². The fourth-order valence-electron chi connectivity index (χ4n) is 1.68. The number of rotatable bonds is 5. The Balaban J connectivity index is 2.09. The Labute approximate surface area is 124 Å². The minimum atomic E-state index is -1.25. The summed E-state index contributed by atoms with van der Waals surface area (Å²) in [6.45, 7) is 1.76. The van der Waals surface area contributed by atoms with Crippen LogP contribution < -0.4 is 4.90 Å². The molecule has 1 heterocycles. The van der Waals surface area contributed by atoms with Crippen molar-refractivity contribution in [1.82, 2.24) is 9.36 Å². The van der Waals surface area contributed by atoms with Crippen LogP contribution in [0.5, 0.6) is 0 Å². The molecule has 0 saturated carbocycles. The Morgan fingerprint density at radius 3 is 2.70 bits per heavy atom. The molecule has 108 valence electrons. The third-order valence-electron chi connectivity index (χ3n) is 2.85. The minimum Gasteiger partial charge on any atom is -0.353 e. The van der Waals surface area contributed by atoms with Crippen molar-refractivity contribution >= 4 is 27.5 Å². The molecule has 7 heteroatoms. The summed E-state index contributed by atoms with van der Waals surface area (Å²) in [5.41, 5.74) is 0.467. The summed E-state index contributed by atoms with van der Waals surface area (Å²) >= 11 is 1.27. The van der Waals surface area contributed by atoms with E-state index in [4.69, 9.17) is 0 Å². The highest BCUT2D eigenvalue weighted by molar-refractivity contribution is 7.84. The van der Waals surface area contributed by atoms with Crippen molar-refractivity contribution in [3.63, 3.8) is 0 Å². The average Bonchev–Trinajstić information content (AvgIpc) is 2.87. The van der Waals surface area contributed by atoms with Gasteiger partial charge in [-0.1, -0.05) is 18.2 Å². The Hall–Kier alpha value is -1.34. The molecule has 2 rings (SSSR count). The molecule has 0 bridgehead atoms. The fraction of sp³-hybridized carbons (Fsp3) is 0.385. The molecule has 0 fully saturated rings. The normalized spacial score (nSPS) is 14.0. The van der Waals surface area contributed by atoms with E-state index >= 15 is 0 Å². The largest absolute Gasteiger partial charge is 0.353 e. The molecule has 20 heavy (non-hydrogen) atoms. The van der Waals surface area contributed by atoms with E-state index in [1.807, 2.05) is 19.0 Å². The van der Waals surface area contributed by atoms with Crippen LogP contribution in [-0.4, -0.2) is 27.7 Å². The number of benzene rings is 1. The maximum atomic E-state index is 13.7. The Morgan fingerprint density at radius 2 is 2.10 bits per heavy atom. The van der Waals surface area contributed by atoms with E-state index in [0.29, 0.717) is 11.4 Å². The van der Waals surface area contributed by atoms with Gasteiger partial charge in [0, 0.05) is 42.0 Å². The quantitative estimate of drug-likeness (QED) is 0.851. The molecule has 0 saturated heterocycles. The van der Waals surface area contributed by atoms with Crippen molar-refractivity contribution in [2.24, 2.45) is 0 Å². The topological polar surface area (TPSA) is 46.1 Å². The van der Waals surface area contributed by atoms with Crippen LogP contribution in [0.3, 0.4) is 0 Å². The highest BCUT2D eigenvalue weighted by atomic mass is 32.2. The number of hydrogen-bond acceptors (Lipinski definition) is 5. The summed E-state index contributed by atoms with van der Waals surface area (Å²) in [5.74, 6) is 0.452. The van der Waals surface area contributed by atoms with E-state index in [1.54, 1.807) is 25.1 Å². The number of nitrogens with zero attached hydrogens (tertiary/aromatic N) is 3. The Bertz CT molecular complexity index is 615. The Morgan fingerprint density at radius 1 is 1.40 bits per heavy atom. The predicted octanol–water partition coefficient (Wildman–Crippen LogP) is 2.75. The highest BCUT2D eigenvalue weighted by Crippen LogP contribution is 2.24. The lowest BCUT2D eigenvalue weighted by Crippen LogP contribution is -2.10. The SMILES string of the molecule is C[C@H](c1ccccc1F)[S@](=O)Cc1nsc(N(C)C)n1. The molecule has 0 amide bonds. The van der Waals surface area contributed by atoms with Crippen molar-refractivity contribution in [2.75, 3.05) is 19.0 Å². The van der Waals surface area contributed by atoms with Gasteiger partial charge in [0.2, 0.25) is 5.13 Å². The Kier molecular flexibility index (Phi) is 4.82. The van der Waals surface area contributed by atoms with Gasteiger partial charge in [0.05, 0.1) is 11.0 Å². The molecule has 1 aromatic heterocycles. The van der Waals surface area contributed by atoms with Gasteiger partial charge in [-0.2, -0.15) is 4.37 Å². The van der Waals surface area contributed by atoms with Crippen LogP contribution in [0.25, 0.3) is 0 Å². The van der Waals surface area contributed by atoms with Crippen LogP contribution in [-0.2, 0) is 16.6 Å². The van der Waals surface area contributed by atoms with E-state index in [-0.39, 0.29) is 16.8 Å². The van der Waals surface area contributed by atoms with E-state index in [0.717, 1.165) is 5.13 Å². The molecule has 2 aromatic rings. The van der Waals surface area contributed by atoms with Gasteiger partial charge >= 0.3 is 0 Å². The first-order chi connectivity index (χ1) is 9.49. The second-order valence-electron chi connectivity index (χ2n) is 4.58. The number of anilines is 1. The zero-order chi connectivity index (χ0) is 14.7. The zero-order valence-electron chi connectivity index (χ0n) is 11.5. The van der Waals surface area contributed by atoms with Crippen LogP contribution in [0, 0.1) is 5.82 Å². The van der Waals surface area contributed by atoms with E-state index < -0.39 is 10.8 Å². The van der Waals surface area contributed by atoms with Gasteiger partial charge in [-0.15, -0.1) is 0 Å². The van der Waals surface area contributed by atoms with Crippen molar-refractivity contribution in [1.29, 1.82) is 0 Å². The molecule has 0 unspecified atom stereocenters. The van der Waals surface area contributed by atoms with Crippen LogP contribution in [0.1, 0.15) is 23.6 Å². The third-order valence-corrected chi connectivity index (χ3v) is 5.36. The van der Waals surface area contributed by atoms with Gasteiger partial charge in [0.25, 0.3) is 0 Å². The van der Waals surface area contributed by atoms with Crippen molar-refractivity contribution in [3.8, 4) is 0 Å². The van der Waals surface area contributed by atoms with Gasteiger partial charge < -0.3 is 4.90 Å². The molecule has 0 aliphatic carbocycles. The molecule has 0 N–H and O–H groups in total. The van der Waals surface area contributed by atoms with Crippen LogP contribution in [0.15, 0.2) is 24.3 Å². The standard InChI is InChI=1S/C13H16FN3OS2/c1-9(10-6-4-5-7-11(10)14)20(18)8-12-15-13(17(2)3)19-16-12/h4-7,9H,8H2,1-3H3/t9-,20-/m1/s1. The van der Waals surface area contributed by atoms with Gasteiger partial charge in [-0.05, 0) is 13.0 Å². The van der Waals surface area contributed by atoms with Gasteiger partial charge in [-0.3, -0.25) is 4.21 Å². The molecule has 2 atom stereocenters. The van der Waals surface area contributed by atoms with Gasteiger partial charge in [0.1, 0.15) is 5.82 Å². The minimum absolute atomic E-state index is 0.236. The van der Waals surface area contributed by atoms with Crippen molar-refractivity contribution in [3.05, 3.63) is 41.5 Å². The molecule has 0 spiro atoms. The molecule has 4 nitrogen and oxygen atoms in total. The van der Waals surface area contributed by atoms with E-state index in [9.17, 15) is 8.60 Å². The molecule has 0 aliphatic rings. The first-order valence-electron chi connectivity index (χ1n) is 6.10. The molecule has 1 aromatic carbocycles. The third kappa shape index (κ3) is 3.40. The second-order valence-corrected chi connectivity index (χ2v) is 7.06. The number of halogens is 1. The summed E-state index contributed by atoms with van der Waals surface area (Å²) in [4.78, 5) is 6.15. The lowest BCUT2D eigenvalue weighted by molar-refractivity contribution is 0.606. The summed E-state index contributed by atoms with van der Waals surface area (Å²) in [7, 11) is 2.50. The first kappa shape index (κ1) is 15.1. The van der Waals surface area contributed by atoms with Crippen LogP contribution >= 0.6 is 11.5 Å². The number of aromatic nitrogens is 2. The average molecular weight is 313 g/mol. The lowest BCUT2D eigenvalue weighted by Gasteiger charge is -2.11. The lowest BCUT2D eigenvalue weighted by atomic mass is 10.1. The monoisotopic (exact) mass is 313 g/mol. The van der Waals surface area contributed by atoms with Crippen LogP contribution in [0.2, 0.25) is 0 Å². The second kappa shape index (κ2) is 6.41. The summed E-state index contributed by atoms with van der Waals surface area (Å²) in [5, 5.41) is 0.387.